The van der Waals surface area contributed by atoms with Crippen LogP contribution in [0.15, 0.2) is 24.5 Å². The molecule has 96 valence electrons. The number of rotatable bonds is 2. The van der Waals surface area contributed by atoms with Crippen molar-refractivity contribution in [3.05, 3.63) is 35.7 Å². The number of aromatic nitrogens is 2. The highest BCUT2D eigenvalue weighted by atomic mass is 16.2. The normalized spacial score (nSPS) is 19.5. The molecule has 19 heavy (non-hydrogen) atoms. The molecule has 3 rings (SSSR count). The van der Waals surface area contributed by atoms with E-state index in [9.17, 15) is 14.4 Å². The van der Waals surface area contributed by atoms with E-state index in [1.807, 2.05) is 0 Å². The topological polar surface area (TPSA) is 80.5 Å². The highest BCUT2D eigenvalue weighted by Gasteiger charge is 2.30. The molecule has 2 aromatic rings. The third-order valence-electron chi connectivity index (χ3n) is 3.32. The van der Waals surface area contributed by atoms with Crippen LogP contribution in [-0.2, 0) is 9.59 Å². The van der Waals surface area contributed by atoms with Crippen LogP contribution >= 0.6 is 0 Å². The van der Waals surface area contributed by atoms with Crippen LogP contribution in [0.4, 0.5) is 0 Å². The van der Waals surface area contributed by atoms with Gasteiger partial charge < -0.3 is 0 Å². The number of carbonyl (C=O) groups excluding carboxylic acids is 3. The van der Waals surface area contributed by atoms with Gasteiger partial charge in [0.1, 0.15) is 0 Å². The Morgan fingerprint density at radius 1 is 1.37 bits per heavy atom. The molecular formula is C13H11N3O3. The quantitative estimate of drug-likeness (QED) is 0.633. The number of hydrogen-bond acceptors (Lipinski definition) is 4. The molecule has 1 N–H and O–H groups in total. The standard InChI is InChI=1S/C13H11N3O3/c17-7-8-1-3-11-10(5-14-16(11)6-8)9-2-4-12(18)15-13(9)19/h1,3,5-7,9H,2,4H2,(H,15,18,19). The van der Waals surface area contributed by atoms with Gasteiger partial charge in [-0.15, -0.1) is 0 Å². The maximum Gasteiger partial charge on any atom is 0.234 e. The fourth-order valence-corrected chi connectivity index (χ4v) is 2.35. The van der Waals surface area contributed by atoms with Gasteiger partial charge in [0, 0.05) is 23.7 Å². The van der Waals surface area contributed by atoms with E-state index in [1.54, 1.807) is 29.0 Å². The molecular weight excluding hydrogens is 246 g/mol. The zero-order valence-electron chi connectivity index (χ0n) is 10.00. The Balaban J connectivity index is 2.03. The number of imide groups is 1. The number of hydrogen-bond donors (Lipinski definition) is 1. The van der Waals surface area contributed by atoms with Crippen molar-refractivity contribution in [2.24, 2.45) is 0 Å². The maximum atomic E-state index is 11.8. The molecule has 3 heterocycles. The van der Waals surface area contributed by atoms with E-state index in [0.29, 0.717) is 18.4 Å². The van der Waals surface area contributed by atoms with Crippen molar-refractivity contribution in [1.82, 2.24) is 14.9 Å². The molecule has 0 spiro atoms. The molecule has 1 atom stereocenters. The number of pyridine rings is 1. The molecule has 0 aliphatic carbocycles. The predicted octanol–water partition coefficient (Wildman–Crippen LogP) is 0.667. The summed E-state index contributed by atoms with van der Waals surface area (Å²) >= 11 is 0. The number of nitrogens with one attached hydrogen (secondary N) is 1. The van der Waals surface area contributed by atoms with Gasteiger partial charge >= 0.3 is 0 Å². The zero-order valence-corrected chi connectivity index (χ0v) is 10.00. The largest absolute Gasteiger partial charge is 0.298 e. The Kier molecular flexibility index (Phi) is 2.63. The second-order valence-corrected chi connectivity index (χ2v) is 4.51. The first-order valence-corrected chi connectivity index (χ1v) is 5.95. The Labute approximate surface area is 108 Å². The third kappa shape index (κ3) is 1.91. The molecule has 6 nitrogen and oxygen atoms in total. The van der Waals surface area contributed by atoms with E-state index >= 15 is 0 Å². The lowest BCUT2D eigenvalue weighted by Crippen LogP contribution is -2.39. The summed E-state index contributed by atoms with van der Waals surface area (Å²) in [5.74, 6) is -0.885. The molecule has 1 aliphatic heterocycles. The highest BCUT2D eigenvalue weighted by Crippen LogP contribution is 2.28. The number of carbonyl (C=O) groups is 3. The number of piperidine rings is 1. The van der Waals surface area contributed by atoms with Crippen molar-refractivity contribution in [3.8, 4) is 0 Å². The minimum atomic E-state index is -0.364. The lowest BCUT2D eigenvalue weighted by molar-refractivity contribution is -0.134. The van der Waals surface area contributed by atoms with Crippen LogP contribution in [0.3, 0.4) is 0 Å². The molecule has 1 saturated heterocycles. The second kappa shape index (κ2) is 4.31. The molecule has 1 aliphatic rings. The minimum absolute atomic E-state index is 0.235. The molecule has 0 aromatic carbocycles. The average molecular weight is 257 g/mol. The Morgan fingerprint density at radius 2 is 2.21 bits per heavy atom. The monoisotopic (exact) mass is 257 g/mol. The van der Waals surface area contributed by atoms with Crippen LogP contribution in [0.1, 0.15) is 34.7 Å². The van der Waals surface area contributed by atoms with Gasteiger partial charge in [0.2, 0.25) is 11.8 Å². The smallest absolute Gasteiger partial charge is 0.234 e. The van der Waals surface area contributed by atoms with Crippen LogP contribution in [0.25, 0.3) is 5.52 Å². The Bertz CT molecular complexity index is 689. The van der Waals surface area contributed by atoms with Crippen molar-refractivity contribution >= 4 is 23.6 Å². The van der Waals surface area contributed by atoms with Crippen molar-refractivity contribution in [2.75, 3.05) is 0 Å². The summed E-state index contributed by atoms with van der Waals surface area (Å²) in [5, 5.41) is 6.48. The number of nitrogens with zero attached hydrogens (tertiary/aromatic N) is 2. The van der Waals surface area contributed by atoms with Gasteiger partial charge in [-0.25, -0.2) is 4.52 Å². The first kappa shape index (κ1) is 11.6. The third-order valence-corrected chi connectivity index (χ3v) is 3.32. The van der Waals surface area contributed by atoms with Gasteiger partial charge in [-0.05, 0) is 18.6 Å². The highest BCUT2D eigenvalue weighted by molar-refractivity contribution is 6.01. The Hall–Kier alpha value is -2.50. The fourth-order valence-electron chi connectivity index (χ4n) is 2.35. The van der Waals surface area contributed by atoms with E-state index in [1.165, 1.54) is 0 Å². The molecule has 1 fully saturated rings. The van der Waals surface area contributed by atoms with E-state index in [0.717, 1.165) is 17.4 Å². The molecule has 2 aromatic heterocycles. The van der Waals surface area contributed by atoms with Gasteiger partial charge in [-0.1, -0.05) is 0 Å². The molecule has 1 unspecified atom stereocenters. The summed E-state index contributed by atoms with van der Waals surface area (Å²) in [6.45, 7) is 0. The molecule has 0 saturated carbocycles. The van der Waals surface area contributed by atoms with E-state index in [-0.39, 0.29) is 17.7 Å². The van der Waals surface area contributed by atoms with Gasteiger partial charge in [0.15, 0.2) is 6.29 Å². The summed E-state index contributed by atoms with van der Waals surface area (Å²) in [6.07, 6.45) is 4.79. The van der Waals surface area contributed by atoms with Crippen molar-refractivity contribution in [3.63, 3.8) is 0 Å². The van der Waals surface area contributed by atoms with E-state index in [2.05, 4.69) is 10.4 Å². The molecule has 6 heteroatoms. The van der Waals surface area contributed by atoms with Gasteiger partial charge in [-0.3, -0.25) is 19.7 Å². The average Bonchev–Trinajstić information content (AvgIpc) is 2.81. The molecule has 2 amide bonds. The lowest BCUT2D eigenvalue weighted by Gasteiger charge is -2.19. The van der Waals surface area contributed by atoms with Crippen LogP contribution in [0.2, 0.25) is 0 Å². The fraction of sp³-hybridized carbons (Fsp3) is 0.231. The van der Waals surface area contributed by atoms with Crippen LogP contribution in [0, 0.1) is 0 Å². The zero-order chi connectivity index (χ0) is 13.4. The minimum Gasteiger partial charge on any atom is -0.298 e. The van der Waals surface area contributed by atoms with Gasteiger partial charge in [-0.2, -0.15) is 5.10 Å². The van der Waals surface area contributed by atoms with Crippen molar-refractivity contribution in [2.45, 2.75) is 18.8 Å². The maximum absolute atomic E-state index is 11.8. The van der Waals surface area contributed by atoms with Gasteiger partial charge in [0.25, 0.3) is 0 Å². The molecule has 0 radical (unpaired) electrons. The van der Waals surface area contributed by atoms with Crippen LogP contribution in [-0.4, -0.2) is 27.7 Å². The van der Waals surface area contributed by atoms with Crippen molar-refractivity contribution < 1.29 is 14.4 Å². The summed E-state index contributed by atoms with van der Waals surface area (Å²) < 4.78 is 1.57. The SMILES string of the molecule is O=Cc1ccc2c(C3CCC(=O)NC3=O)cnn2c1. The lowest BCUT2D eigenvalue weighted by atomic mass is 9.91. The van der Waals surface area contributed by atoms with E-state index in [4.69, 9.17) is 0 Å². The summed E-state index contributed by atoms with van der Waals surface area (Å²) in [5.41, 5.74) is 2.08. The summed E-state index contributed by atoms with van der Waals surface area (Å²) in [6, 6.07) is 3.44. The summed E-state index contributed by atoms with van der Waals surface area (Å²) in [7, 11) is 0. The van der Waals surface area contributed by atoms with Crippen LogP contribution in [0.5, 0.6) is 0 Å². The number of fused-ring (bicyclic) bond motifs is 1. The molecule has 0 bridgehead atoms. The summed E-state index contributed by atoms with van der Waals surface area (Å²) in [4.78, 5) is 33.7. The first-order chi connectivity index (χ1) is 9.19. The predicted molar refractivity (Wildman–Crippen MR) is 65.7 cm³/mol. The Morgan fingerprint density at radius 3 is 2.95 bits per heavy atom. The van der Waals surface area contributed by atoms with Gasteiger partial charge in [0.05, 0.1) is 17.6 Å². The first-order valence-electron chi connectivity index (χ1n) is 5.95. The number of aldehydes is 1. The van der Waals surface area contributed by atoms with Crippen LogP contribution < -0.4 is 5.32 Å². The second-order valence-electron chi connectivity index (χ2n) is 4.51. The van der Waals surface area contributed by atoms with E-state index < -0.39 is 0 Å². The van der Waals surface area contributed by atoms with Crippen molar-refractivity contribution in [1.29, 1.82) is 0 Å². The number of amides is 2.